The number of hydrogen-bond donors (Lipinski definition) is 1. The summed E-state index contributed by atoms with van der Waals surface area (Å²) in [6.45, 7) is 2.99. The normalized spacial score (nSPS) is 13.2. The van der Waals surface area contributed by atoms with Crippen molar-refractivity contribution < 1.29 is 19.1 Å². The molecule has 0 saturated carbocycles. The van der Waals surface area contributed by atoms with E-state index in [0.29, 0.717) is 68.4 Å². The van der Waals surface area contributed by atoms with Crippen LogP contribution in [0.15, 0.2) is 66.9 Å². The van der Waals surface area contributed by atoms with E-state index in [9.17, 15) is 9.59 Å². The molecule has 1 N–H and O–H groups in total. The van der Waals surface area contributed by atoms with Crippen molar-refractivity contribution in [3.63, 3.8) is 0 Å². The van der Waals surface area contributed by atoms with Crippen LogP contribution in [0, 0.1) is 0 Å². The van der Waals surface area contributed by atoms with Crippen LogP contribution in [0.5, 0.6) is 11.5 Å². The Labute approximate surface area is 218 Å². The fourth-order valence-electron chi connectivity index (χ4n) is 4.50. The average molecular weight is 503 g/mol. The lowest BCUT2D eigenvalue weighted by Crippen LogP contribution is -2.49. The second-order valence-electron chi connectivity index (χ2n) is 8.92. The quantitative estimate of drug-likeness (QED) is 0.458. The number of carbonyl (C=O) groups excluding carboxylic acids is 2. The summed E-state index contributed by atoms with van der Waals surface area (Å²) in [4.78, 5) is 34.2. The first-order valence-electron chi connectivity index (χ1n) is 12.6. The van der Waals surface area contributed by atoms with Gasteiger partial charge in [0.15, 0.2) is 11.5 Å². The third kappa shape index (κ3) is 6.78. The van der Waals surface area contributed by atoms with Gasteiger partial charge in [-0.1, -0.05) is 36.4 Å². The van der Waals surface area contributed by atoms with Crippen LogP contribution in [-0.4, -0.2) is 68.6 Å². The molecule has 0 radical (unpaired) electrons. The number of hydrogen-bond acceptors (Lipinski definition) is 6. The van der Waals surface area contributed by atoms with Gasteiger partial charge in [0.2, 0.25) is 5.91 Å². The first-order chi connectivity index (χ1) is 18.1. The molecular weight excluding hydrogens is 468 g/mol. The molecule has 0 spiro atoms. The highest BCUT2D eigenvalue weighted by molar-refractivity contribution is 5.99. The molecule has 1 aliphatic rings. The monoisotopic (exact) mass is 502 g/mol. The average Bonchev–Trinajstić information content (AvgIpc) is 2.96. The Bertz CT molecular complexity index is 1190. The third-order valence-corrected chi connectivity index (χ3v) is 6.58. The predicted molar refractivity (Wildman–Crippen MR) is 143 cm³/mol. The van der Waals surface area contributed by atoms with Crippen molar-refractivity contribution in [3.05, 3.63) is 83.6 Å². The molecule has 8 heteroatoms. The van der Waals surface area contributed by atoms with Gasteiger partial charge in [-0.2, -0.15) is 0 Å². The Hall–Kier alpha value is -4.07. The van der Waals surface area contributed by atoms with Crippen LogP contribution in [0.3, 0.4) is 0 Å². The Morgan fingerprint density at radius 3 is 2.35 bits per heavy atom. The maximum absolute atomic E-state index is 13.0. The molecule has 0 aliphatic carbocycles. The highest BCUT2D eigenvalue weighted by Gasteiger charge is 2.24. The van der Waals surface area contributed by atoms with Gasteiger partial charge in [-0.15, -0.1) is 0 Å². The van der Waals surface area contributed by atoms with Crippen LogP contribution in [0.1, 0.15) is 27.9 Å². The summed E-state index contributed by atoms with van der Waals surface area (Å²) in [6, 6.07) is 19.4. The van der Waals surface area contributed by atoms with E-state index < -0.39 is 0 Å². The van der Waals surface area contributed by atoms with Gasteiger partial charge in [-0.3, -0.25) is 9.59 Å². The molecule has 2 heterocycles. The maximum atomic E-state index is 13.0. The topological polar surface area (TPSA) is 84.0 Å². The van der Waals surface area contributed by atoms with E-state index in [1.54, 1.807) is 32.5 Å². The van der Waals surface area contributed by atoms with Crippen molar-refractivity contribution in [1.29, 1.82) is 0 Å². The van der Waals surface area contributed by atoms with Crippen molar-refractivity contribution >= 4 is 17.6 Å². The molecule has 3 aromatic rings. The third-order valence-electron chi connectivity index (χ3n) is 6.58. The second kappa shape index (κ2) is 12.8. The van der Waals surface area contributed by atoms with E-state index in [4.69, 9.17) is 9.47 Å². The Morgan fingerprint density at radius 1 is 0.865 bits per heavy atom. The fourth-order valence-corrected chi connectivity index (χ4v) is 4.50. The lowest BCUT2D eigenvalue weighted by Gasteiger charge is -2.36. The number of methoxy groups -OCH3 is 2. The molecule has 0 atom stereocenters. The lowest BCUT2D eigenvalue weighted by molar-refractivity contribution is -0.131. The SMILES string of the molecule is COc1ccc(CCNC(=O)c2cccnc2N2CCN(C(=O)CCc3ccccc3)CC2)cc1OC. The number of aromatic nitrogens is 1. The molecular formula is C29H34N4O4. The maximum Gasteiger partial charge on any atom is 0.255 e. The molecule has 1 aromatic heterocycles. The predicted octanol–water partition coefficient (Wildman–Crippen LogP) is 3.35. The molecule has 1 saturated heterocycles. The molecule has 37 heavy (non-hydrogen) atoms. The number of piperazine rings is 1. The first-order valence-corrected chi connectivity index (χ1v) is 12.6. The highest BCUT2D eigenvalue weighted by Crippen LogP contribution is 2.27. The molecule has 194 valence electrons. The van der Waals surface area contributed by atoms with Crippen molar-refractivity contribution in [2.75, 3.05) is 51.8 Å². The summed E-state index contributed by atoms with van der Waals surface area (Å²) in [5.41, 5.74) is 2.75. The molecule has 1 fully saturated rings. The van der Waals surface area contributed by atoms with Crippen LogP contribution >= 0.6 is 0 Å². The zero-order chi connectivity index (χ0) is 26.0. The number of pyridine rings is 1. The molecule has 2 amide bonds. The molecule has 4 rings (SSSR count). The molecule has 1 aliphatic heterocycles. The van der Waals surface area contributed by atoms with E-state index in [1.165, 1.54) is 5.56 Å². The summed E-state index contributed by atoms with van der Waals surface area (Å²) < 4.78 is 10.6. The Morgan fingerprint density at radius 2 is 1.62 bits per heavy atom. The van der Waals surface area contributed by atoms with E-state index in [2.05, 4.69) is 15.2 Å². The van der Waals surface area contributed by atoms with E-state index in [0.717, 1.165) is 12.0 Å². The molecule has 0 unspecified atom stereocenters. The van der Waals surface area contributed by atoms with Crippen LogP contribution in [0.4, 0.5) is 5.82 Å². The molecule has 2 aromatic carbocycles. The van der Waals surface area contributed by atoms with Crippen molar-refractivity contribution in [2.45, 2.75) is 19.3 Å². The minimum Gasteiger partial charge on any atom is -0.493 e. The molecule has 0 bridgehead atoms. The number of aryl methyl sites for hydroxylation is 1. The van der Waals surface area contributed by atoms with Gasteiger partial charge >= 0.3 is 0 Å². The minimum absolute atomic E-state index is 0.162. The number of nitrogens with zero attached hydrogens (tertiary/aromatic N) is 3. The number of rotatable bonds is 10. The summed E-state index contributed by atoms with van der Waals surface area (Å²) in [5.74, 6) is 2.00. The minimum atomic E-state index is -0.162. The number of amides is 2. The summed E-state index contributed by atoms with van der Waals surface area (Å²) in [5, 5.41) is 3.01. The van der Waals surface area contributed by atoms with Crippen LogP contribution < -0.4 is 19.7 Å². The van der Waals surface area contributed by atoms with Crippen LogP contribution in [-0.2, 0) is 17.6 Å². The summed E-state index contributed by atoms with van der Waals surface area (Å²) >= 11 is 0. The first kappa shape index (κ1) is 26.0. The largest absolute Gasteiger partial charge is 0.493 e. The van der Waals surface area contributed by atoms with Crippen molar-refractivity contribution in [2.24, 2.45) is 0 Å². The van der Waals surface area contributed by atoms with E-state index >= 15 is 0 Å². The van der Waals surface area contributed by atoms with Gasteiger partial charge in [0, 0.05) is 45.3 Å². The number of anilines is 1. The van der Waals surface area contributed by atoms with E-state index in [1.807, 2.05) is 53.4 Å². The number of nitrogens with one attached hydrogen (secondary N) is 1. The lowest BCUT2D eigenvalue weighted by atomic mass is 10.1. The Kier molecular flexibility index (Phi) is 8.97. The second-order valence-corrected chi connectivity index (χ2v) is 8.92. The van der Waals surface area contributed by atoms with Gasteiger partial charge in [-0.05, 0) is 48.2 Å². The number of carbonyl (C=O) groups is 2. The summed E-state index contributed by atoms with van der Waals surface area (Å²) in [6.07, 6.45) is 3.60. The van der Waals surface area contributed by atoms with Gasteiger partial charge < -0.3 is 24.6 Å². The smallest absolute Gasteiger partial charge is 0.255 e. The van der Waals surface area contributed by atoms with Gasteiger partial charge in [0.05, 0.1) is 19.8 Å². The highest BCUT2D eigenvalue weighted by atomic mass is 16.5. The Balaban J connectivity index is 1.29. The van der Waals surface area contributed by atoms with Crippen LogP contribution in [0.25, 0.3) is 0 Å². The van der Waals surface area contributed by atoms with Crippen molar-refractivity contribution in [3.8, 4) is 11.5 Å². The molecule has 8 nitrogen and oxygen atoms in total. The zero-order valence-corrected chi connectivity index (χ0v) is 21.5. The van der Waals surface area contributed by atoms with Crippen molar-refractivity contribution in [1.82, 2.24) is 15.2 Å². The standard InChI is InChI=1S/C29H34N4O4/c1-36-25-12-10-23(21-26(25)37-2)14-16-31-29(35)24-9-6-15-30-28(24)33-19-17-32(18-20-33)27(34)13-11-22-7-4-3-5-8-22/h3-10,12,15,21H,11,13-14,16-20H2,1-2H3,(H,31,35). The van der Waals surface area contributed by atoms with Gasteiger partial charge in [-0.25, -0.2) is 4.98 Å². The fraction of sp³-hybridized carbons (Fsp3) is 0.345. The number of ether oxygens (including phenoxy) is 2. The zero-order valence-electron chi connectivity index (χ0n) is 21.5. The van der Waals surface area contributed by atoms with Gasteiger partial charge in [0.25, 0.3) is 5.91 Å². The van der Waals surface area contributed by atoms with Gasteiger partial charge in [0.1, 0.15) is 5.82 Å². The number of benzene rings is 2. The van der Waals surface area contributed by atoms with Crippen LogP contribution in [0.2, 0.25) is 0 Å². The van der Waals surface area contributed by atoms with E-state index in [-0.39, 0.29) is 11.8 Å². The summed E-state index contributed by atoms with van der Waals surface area (Å²) in [7, 11) is 3.21.